The van der Waals surface area contributed by atoms with E-state index in [0.717, 1.165) is 69.0 Å². The number of ketones is 12. The summed E-state index contributed by atoms with van der Waals surface area (Å²) in [6.45, 7) is 11.9. The van der Waals surface area contributed by atoms with Crippen molar-refractivity contribution in [3.63, 3.8) is 0 Å². The summed E-state index contributed by atoms with van der Waals surface area (Å²) < 4.78 is 0. The smallest absolute Gasteiger partial charge is 0.542 e. The minimum absolute atomic E-state index is 0. The summed E-state index contributed by atoms with van der Waals surface area (Å²) in [5, 5.41) is 60.4. The molecule has 2 radical (unpaired) electrons. The molecule has 38 heteroatoms. The van der Waals surface area contributed by atoms with Crippen LogP contribution in [-0.4, -0.2) is 211 Å². The fraction of sp³-hybridized carbons (Fsp3) is 0.667. The second kappa shape index (κ2) is 68.4. The Hall–Kier alpha value is -2.53. The summed E-state index contributed by atoms with van der Waals surface area (Å²) in [7, 11) is 0. The third-order valence-corrected chi connectivity index (χ3v) is 16.1. The number of hydrogen-bond acceptors (Lipinski definition) is 36. The predicted molar refractivity (Wildman–Crippen MR) is 331 cm³/mol. The van der Waals surface area contributed by atoms with Gasteiger partial charge in [0.1, 0.15) is 35.8 Å². The Morgan fingerprint density at radius 3 is 0.413 bits per heavy atom. The number of carbonyl (C=O) groups is 18. The largest absolute Gasteiger partial charge is 3.00 e. The van der Waals surface area contributed by atoms with E-state index < -0.39 is 180 Å². The van der Waals surface area contributed by atoms with Crippen molar-refractivity contribution in [1.82, 2.24) is 0 Å². The van der Waals surface area contributed by atoms with Crippen LogP contribution in [0.5, 0.6) is 0 Å². The maximum atomic E-state index is 11.2. The second-order valence-electron chi connectivity index (χ2n) is 17.7. The first-order valence-electron chi connectivity index (χ1n) is 27.5. The summed E-state index contributed by atoms with van der Waals surface area (Å²) in [5.41, 5.74) is 32.9. The fourth-order valence-electron chi connectivity index (χ4n) is 5.26. The van der Waals surface area contributed by atoms with Gasteiger partial charge in [0.15, 0.2) is 69.4 Å². The van der Waals surface area contributed by atoms with Crippen molar-refractivity contribution in [1.29, 1.82) is 0 Å². The van der Waals surface area contributed by atoms with Gasteiger partial charge in [-0.1, -0.05) is 41.5 Å². The van der Waals surface area contributed by atoms with Crippen LogP contribution in [0.25, 0.3) is 0 Å². The van der Waals surface area contributed by atoms with E-state index in [0.29, 0.717) is 38.5 Å². The molecule has 0 aromatic heterocycles. The van der Waals surface area contributed by atoms with Crippen LogP contribution in [0, 0.1) is 83.5 Å². The van der Waals surface area contributed by atoms with Gasteiger partial charge in [0.25, 0.3) is 0 Å². The van der Waals surface area contributed by atoms with Crippen LogP contribution in [0.4, 0.5) is 0 Å². The van der Waals surface area contributed by atoms with E-state index >= 15 is 0 Å². The van der Waals surface area contributed by atoms with Crippen LogP contribution in [0.15, 0.2) is 0 Å². The molecule has 0 spiro atoms. The summed E-state index contributed by atoms with van der Waals surface area (Å²) >= 11 is 9.80. The van der Waals surface area contributed by atoms with E-state index in [1.54, 1.807) is 70.6 Å². The number of carbonyl (C=O) groups excluding carboxylic acids is 18. The quantitative estimate of drug-likeness (QED) is 0.0187. The Kier molecular flexibility index (Phi) is 78.5. The van der Waals surface area contributed by atoms with Gasteiger partial charge in [-0.3, -0.25) is 57.5 Å². The van der Waals surface area contributed by atoms with Crippen molar-refractivity contribution < 1.29 is 200 Å². The maximum Gasteiger partial charge on any atom is 3.00 e. The fourth-order valence-corrected chi connectivity index (χ4v) is 9.52. The van der Waals surface area contributed by atoms with Gasteiger partial charge in [0, 0.05) is 0 Å². The summed E-state index contributed by atoms with van der Waals surface area (Å²) in [6.07, 6.45) is -1.26. The van der Waals surface area contributed by atoms with Gasteiger partial charge < -0.3 is 93.8 Å². The molecular formula is C54H84Ce2N6O24S6. The number of nitrogens with two attached hydrogens (primary N) is 6. The van der Waals surface area contributed by atoms with E-state index in [9.17, 15) is 117 Å². The van der Waals surface area contributed by atoms with Crippen molar-refractivity contribution in [3.8, 4) is 0 Å². The number of hydrogen-bond donors (Lipinski definition) is 6. The molecule has 518 valence electrons. The Morgan fingerprint density at radius 2 is 0.337 bits per heavy atom. The van der Waals surface area contributed by atoms with Crippen LogP contribution >= 0.6 is 70.6 Å². The average Bonchev–Trinajstić information content (AvgIpc) is 3.68. The van der Waals surface area contributed by atoms with E-state index in [2.05, 4.69) is 0 Å². The molecule has 0 bridgehead atoms. The molecule has 6 atom stereocenters. The van der Waals surface area contributed by atoms with E-state index in [1.807, 2.05) is 41.5 Å². The van der Waals surface area contributed by atoms with Gasteiger partial charge in [-0.15, -0.1) is 0 Å². The van der Waals surface area contributed by atoms with E-state index in [1.165, 1.54) is 0 Å². The molecule has 0 heterocycles. The molecule has 0 aliphatic rings. The number of aliphatic carboxylic acids is 6. The zero-order valence-electron chi connectivity index (χ0n) is 52.1. The number of thioether (sulfide) groups is 6. The van der Waals surface area contributed by atoms with Gasteiger partial charge in [-0.2, -0.15) is 70.6 Å². The minimum Gasteiger partial charge on any atom is -0.542 e. The van der Waals surface area contributed by atoms with Crippen LogP contribution in [-0.2, 0) is 86.3 Å². The first-order valence-corrected chi connectivity index (χ1v) is 34.5. The number of Topliss-reactive ketones (excluding diaryl/α,β-unsaturated/α-hetero) is 12. The van der Waals surface area contributed by atoms with Crippen LogP contribution in [0.3, 0.4) is 0 Å². The SMILES string of the molecule is CCSCC[C@H](N)C(=O)CC(=O)C(=O)[O-].CCSCC[C@H](N)C(=O)CC(=O)C(=O)[O-].CCSCC[C@H](N)C(=O)CC(=O)C(=O)[O-].CCSCC[C@H](N)C(=O)CC(=O)C(=O)[O-].CCSCC[C@H](N)C(=O)CC(=O)C(=O)[O-].CCSCC[C@H](N)C(=O)CC(=O)C(=O)[O-].[Ce+3].[Ce+3]. The van der Waals surface area contributed by atoms with Crippen LogP contribution in [0.1, 0.15) is 119 Å². The molecule has 0 unspecified atom stereocenters. The molecule has 0 saturated carbocycles. The average molecular weight is 1670 g/mol. The van der Waals surface area contributed by atoms with Crippen molar-refractivity contribution in [2.24, 2.45) is 34.4 Å². The first-order chi connectivity index (χ1) is 41.9. The molecule has 0 amide bonds. The van der Waals surface area contributed by atoms with Crippen molar-refractivity contribution >= 4 is 176 Å². The number of carboxylic acids is 6. The number of carboxylic acid groups (broad SMARTS) is 6. The molecule has 0 fully saturated rings. The van der Waals surface area contributed by atoms with Crippen molar-refractivity contribution in [2.75, 3.05) is 69.0 Å². The number of rotatable bonds is 48. The van der Waals surface area contributed by atoms with E-state index in [4.69, 9.17) is 34.4 Å². The molecule has 12 N–H and O–H groups in total. The van der Waals surface area contributed by atoms with Crippen LogP contribution < -0.4 is 65.0 Å². The molecule has 0 aliphatic heterocycles. The molecule has 92 heavy (non-hydrogen) atoms. The van der Waals surface area contributed by atoms with Crippen molar-refractivity contribution in [3.05, 3.63) is 0 Å². The van der Waals surface area contributed by atoms with E-state index in [-0.39, 0.29) is 83.5 Å². The Balaban J connectivity index is -0.000000153. The Morgan fingerprint density at radius 1 is 0.239 bits per heavy atom. The van der Waals surface area contributed by atoms with Crippen LogP contribution in [0.2, 0.25) is 0 Å². The van der Waals surface area contributed by atoms with Gasteiger partial charge in [-0.05, 0) is 108 Å². The molecule has 0 aromatic rings. The predicted octanol–water partition coefficient (Wildman–Crippen LogP) is -7.59. The zero-order chi connectivity index (χ0) is 71.1. The molecule has 0 rings (SSSR count). The zero-order valence-corrected chi connectivity index (χ0v) is 63.3. The maximum absolute atomic E-state index is 11.2. The molecule has 30 nitrogen and oxygen atoms in total. The summed E-state index contributed by atoms with van der Waals surface area (Å²) in [5.74, 6) is -11.6. The third kappa shape index (κ3) is 66.1. The van der Waals surface area contributed by atoms with Gasteiger partial charge in [0.2, 0.25) is 0 Å². The molecular weight excluding hydrogens is 1590 g/mol. The summed E-state index contributed by atoms with van der Waals surface area (Å²) in [6, 6.07) is -4.54. The normalized spacial score (nSPS) is 11.9. The third-order valence-electron chi connectivity index (χ3n) is 10.5. The molecule has 0 aromatic carbocycles. The van der Waals surface area contributed by atoms with Gasteiger partial charge in [-0.25, -0.2) is 0 Å². The second-order valence-corrected chi connectivity index (χ2v) is 26.0. The molecule has 0 saturated heterocycles. The Bertz CT molecular complexity index is 1940. The topological polar surface area (TPSA) is 602 Å². The Labute approximate surface area is 627 Å². The minimum atomic E-state index is -1.83. The standard InChI is InChI=1S/6C9H15NO4S.2Ce/c6*1-2-15-4-3-6(10)7(11)5-8(12)9(13)14;;/h6*6H,2-5,10H2,1H3,(H,13,14);;/q;;;;;;2*+3/p-6/t6*6-;;/m000000../s1. The van der Waals surface area contributed by atoms with Gasteiger partial charge >= 0.3 is 83.5 Å². The molecule has 0 aliphatic carbocycles. The van der Waals surface area contributed by atoms with Gasteiger partial charge in [0.05, 0.1) is 74.8 Å². The first kappa shape index (κ1) is 106. The van der Waals surface area contributed by atoms with Crippen molar-refractivity contribution in [2.45, 2.75) is 155 Å². The monoisotopic (exact) mass is 1670 g/mol. The summed E-state index contributed by atoms with van der Waals surface area (Å²) in [4.78, 5) is 191.